The van der Waals surface area contributed by atoms with E-state index in [0.29, 0.717) is 11.0 Å². The maximum atomic E-state index is 5.54. The average Bonchev–Trinajstić information content (AvgIpc) is 2.25. The van der Waals surface area contributed by atoms with E-state index in [0.717, 1.165) is 19.5 Å². The van der Waals surface area contributed by atoms with Crippen LogP contribution in [0.2, 0.25) is 0 Å². The number of hydrogen-bond donors (Lipinski definition) is 1. The summed E-state index contributed by atoms with van der Waals surface area (Å²) in [5.74, 6) is 0. The highest BCUT2D eigenvalue weighted by atomic mass is 32.1. The topological polar surface area (TPSA) is 29.3 Å². The molecule has 16 heavy (non-hydrogen) atoms. The summed E-state index contributed by atoms with van der Waals surface area (Å²) in [6.07, 6.45) is 0.792. The normalized spacial score (nSPS) is 11.0. The van der Waals surface area contributed by atoms with Gasteiger partial charge in [0.2, 0.25) is 0 Å². The third-order valence-corrected chi connectivity index (χ3v) is 2.81. The van der Waals surface area contributed by atoms with E-state index in [2.05, 4.69) is 43.0 Å². The molecule has 0 aromatic heterocycles. The zero-order valence-electron chi connectivity index (χ0n) is 10.0. The fraction of sp³-hybridized carbons (Fsp3) is 0.462. The Morgan fingerprint density at radius 1 is 1.31 bits per heavy atom. The molecule has 0 amide bonds. The number of nitrogens with zero attached hydrogens (tertiary/aromatic N) is 1. The zero-order valence-corrected chi connectivity index (χ0v) is 10.8. The Labute approximate surface area is 103 Å². The van der Waals surface area contributed by atoms with E-state index in [1.54, 1.807) is 0 Å². The van der Waals surface area contributed by atoms with Gasteiger partial charge in [0, 0.05) is 25.6 Å². The molecule has 1 aromatic rings. The molecule has 3 heteroatoms. The third-order valence-electron chi connectivity index (χ3n) is 2.60. The van der Waals surface area contributed by atoms with Crippen LogP contribution in [0.15, 0.2) is 30.3 Å². The first-order valence-corrected chi connectivity index (χ1v) is 6.06. The van der Waals surface area contributed by atoms with Gasteiger partial charge in [-0.25, -0.2) is 0 Å². The number of nitrogens with two attached hydrogens (primary N) is 1. The second-order valence-electron chi connectivity index (χ2n) is 4.27. The largest absolute Gasteiger partial charge is 0.393 e. The van der Waals surface area contributed by atoms with Gasteiger partial charge in [-0.15, -0.1) is 0 Å². The van der Waals surface area contributed by atoms with Crippen molar-refractivity contribution in [3.63, 3.8) is 0 Å². The van der Waals surface area contributed by atoms with Crippen LogP contribution >= 0.6 is 12.2 Å². The molecule has 0 aliphatic heterocycles. The predicted octanol–water partition coefficient (Wildman–Crippen LogP) is 2.57. The van der Waals surface area contributed by atoms with E-state index in [1.807, 2.05) is 6.07 Å². The Balaban J connectivity index is 2.54. The average molecular weight is 236 g/mol. The van der Waals surface area contributed by atoms with Crippen LogP contribution in [-0.4, -0.2) is 22.5 Å². The molecular formula is C13H20N2S. The van der Waals surface area contributed by atoms with Gasteiger partial charge in [0.15, 0.2) is 0 Å². The summed E-state index contributed by atoms with van der Waals surface area (Å²) in [4.78, 5) is 2.98. The Bertz CT molecular complexity index is 322. The highest BCUT2D eigenvalue weighted by Gasteiger charge is 2.09. The molecule has 0 heterocycles. The van der Waals surface area contributed by atoms with E-state index in [4.69, 9.17) is 18.0 Å². The molecule has 1 rings (SSSR count). The van der Waals surface area contributed by atoms with E-state index < -0.39 is 0 Å². The molecule has 0 atom stereocenters. The van der Waals surface area contributed by atoms with Crippen molar-refractivity contribution < 1.29 is 0 Å². The fourth-order valence-corrected chi connectivity index (χ4v) is 1.68. The minimum absolute atomic E-state index is 0.509. The Morgan fingerprint density at radius 3 is 2.44 bits per heavy atom. The summed E-state index contributed by atoms with van der Waals surface area (Å²) in [5, 5.41) is 0. The molecule has 0 radical (unpaired) electrons. The van der Waals surface area contributed by atoms with Crippen molar-refractivity contribution in [2.24, 2.45) is 5.73 Å². The third kappa shape index (κ3) is 4.73. The quantitative estimate of drug-likeness (QED) is 0.770. The minimum Gasteiger partial charge on any atom is -0.393 e. The lowest BCUT2D eigenvalue weighted by Gasteiger charge is -2.26. The SMILES string of the molecule is CC(C)N(CCC(N)=S)Cc1ccccc1. The molecule has 2 nitrogen and oxygen atoms in total. The van der Waals surface area contributed by atoms with Crippen molar-refractivity contribution in [2.75, 3.05) is 6.54 Å². The van der Waals surface area contributed by atoms with Crippen LogP contribution in [-0.2, 0) is 6.54 Å². The lowest BCUT2D eigenvalue weighted by Crippen LogP contribution is -2.33. The molecule has 1 aromatic carbocycles. The lowest BCUT2D eigenvalue weighted by atomic mass is 10.2. The fourth-order valence-electron chi connectivity index (χ4n) is 1.59. The standard InChI is InChI=1S/C13H20N2S/c1-11(2)15(9-8-13(14)16)10-12-6-4-3-5-7-12/h3-7,11H,8-10H2,1-2H3,(H2,14,16). The number of hydrogen-bond acceptors (Lipinski definition) is 2. The van der Waals surface area contributed by atoms with E-state index in [-0.39, 0.29) is 0 Å². The molecule has 0 saturated carbocycles. The second-order valence-corrected chi connectivity index (χ2v) is 4.79. The predicted molar refractivity (Wildman–Crippen MR) is 73.4 cm³/mol. The summed E-state index contributed by atoms with van der Waals surface area (Å²) in [6.45, 7) is 6.29. The highest BCUT2D eigenvalue weighted by molar-refractivity contribution is 7.80. The van der Waals surface area contributed by atoms with Gasteiger partial charge in [-0.3, -0.25) is 4.90 Å². The van der Waals surface area contributed by atoms with Crippen molar-refractivity contribution in [1.29, 1.82) is 0 Å². The van der Waals surface area contributed by atoms with Crippen LogP contribution in [0.5, 0.6) is 0 Å². The van der Waals surface area contributed by atoms with Crippen molar-refractivity contribution in [3.8, 4) is 0 Å². The maximum Gasteiger partial charge on any atom is 0.0740 e. The maximum absolute atomic E-state index is 5.54. The van der Waals surface area contributed by atoms with Crippen molar-refractivity contribution >= 4 is 17.2 Å². The number of benzene rings is 1. The summed E-state index contributed by atoms with van der Waals surface area (Å²) >= 11 is 4.92. The van der Waals surface area contributed by atoms with Crippen molar-refractivity contribution in [3.05, 3.63) is 35.9 Å². The molecular weight excluding hydrogens is 216 g/mol. The molecule has 0 aliphatic carbocycles. The van der Waals surface area contributed by atoms with E-state index >= 15 is 0 Å². The molecule has 0 bridgehead atoms. The minimum atomic E-state index is 0.509. The summed E-state index contributed by atoms with van der Waals surface area (Å²) in [5.41, 5.74) is 6.87. The molecule has 88 valence electrons. The van der Waals surface area contributed by atoms with Crippen LogP contribution in [0.1, 0.15) is 25.8 Å². The molecule has 0 saturated heterocycles. The molecule has 0 spiro atoms. The van der Waals surface area contributed by atoms with Gasteiger partial charge in [0.05, 0.1) is 4.99 Å². The molecule has 0 aliphatic rings. The van der Waals surface area contributed by atoms with Crippen LogP contribution in [0, 0.1) is 0 Å². The lowest BCUT2D eigenvalue weighted by molar-refractivity contribution is 0.219. The van der Waals surface area contributed by atoms with Gasteiger partial charge in [0.25, 0.3) is 0 Å². The first-order valence-electron chi connectivity index (χ1n) is 5.66. The van der Waals surface area contributed by atoms with Crippen LogP contribution < -0.4 is 5.73 Å². The van der Waals surface area contributed by atoms with Crippen LogP contribution in [0.3, 0.4) is 0 Å². The summed E-state index contributed by atoms with van der Waals surface area (Å²) < 4.78 is 0. The van der Waals surface area contributed by atoms with E-state index in [1.165, 1.54) is 5.56 Å². The Morgan fingerprint density at radius 2 is 1.94 bits per heavy atom. The highest BCUT2D eigenvalue weighted by Crippen LogP contribution is 2.08. The molecule has 0 unspecified atom stereocenters. The van der Waals surface area contributed by atoms with Gasteiger partial charge in [-0.05, 0) is 19.4 Å². The van der Waals surface area contributed by atoms with Gasteiger partial charge in [0.1, 0.15) is 0 Å². The first kappa shape index (κ1) is 13.1. The van der Waals surface area contributed by atoms with Gasteiger partial charge in [-0.2, -0.15) is 0 Å². The summed E-state index contributed by atoms with van der Waals surface area (Å²) in [6, 6.07) is 11.0. The number of rotatable bonds is 6. The van der Waals surface area contributed by atoms with Gasteiger partial charge >= 0.3 is 0 Å². The van der Waals surface area contributed by atoms with Crippen molar-refractivity contribution in [2.45, 2.75) is 32.9 Å². The molecule has 0 fully saturated rings. The monoisotopic (exact) mass is 236 g/mol. The smallest absolute Gasteiger partial charge is 0.0740 e. The molecule has 2 N–H and O–H groups in total. The van der Waals surface area contributed by atoms with Crippen molar-refractivity contribution in [1.82, 2.24) is 4.90 Å². The van der Waals surface area contributed by atoms with Crippen LogP contribution in [0.4, 0.5) is 0 Å². The Kier molecular flexibility index (Phi) is 5.43. The summed E-state index contributed by atoms with van der Waals surface area (Å²) in [7, 11) is 0. The zero-order chi connectivity index (χ0) is 12.0. The van der Waals surface area contributed by atoms with Gasteiger partial charge in [-0.1, -0.05) is 42.5 Å². The van der Waals surface area contributed by atoms with E-state index in [9.17, 15) is 0 Å². The van der Waals surface area contributed by atoms with Gasteiger partial charge < -0.3 is 5.73 Å². The number of thiocarbonyl (C=S) groups is 1. The second kappa shape index (κ2) is 6.61. The first-order chi connectivity index (χ1) is 7.59. The van der Waals surface area contributed by atoms with Crippen LogP contribution in [0.25, 0.3) is 0 Å². The Hall–Kier alpha value is -0.930.